The Balaban J connectivity index is 1.56. The van der Waals surface area contributed by atoms with Gasteiger partial charge in [0.15, 0.2) is 5.76 Å². The standard InChI is InChI=1S/C24H16N2O/c1-3-12-25-21(8-1)19-7-5-6-17(14-19)18-10-11-23-20(15-18)16-24(27-23)22-9-2-4-13-26-22/h1-16H. The Bertz CT molecular complexity index is 1210. The van der Waals surface area contributed by atoms with Gasteiger partial charge in [0.25, 0.3) is 0 Å². The number of hydrogen-bond donors (Lipinski definition) is 0. The van der Waals surface area contributed by atoms with E-state index in [1.54, 1.807) is 6.20 Å². The lowest BCUT2D eigenvalue weighted by Crippen LogP contribution is -1.83. The first-order valence-corrected chi connectivity index (χ1v) is 8.84. The average Bonchev–Trinajstić information content (AvgIpc) is 3.19. The number of rotatable bonds is 3. The molecule has 128 valence electrons. The summed E-state index contributed by atoms with van der Waals surface area (Å²) in [5, 5.41) is 1.07. The lowest BCUT2D eigenvalue weighted by Gasteiger charge is -2.05. The third kappa shape index (κ3) is 3.00. The topological polar surface area (TPSA) is 38.9 Å². The van der Waals surface area contributed by atoms with Crippen LogP contribution in [-0.4, -0.2) is 9.97 Å². The second-order valence-corrected chi connectivity index (χ2v) is 6.37. The van der Waals surface area contributed by atoms with Gasteiger partial charge < -0.3 is 4.42 Å². The molecular weight excluding hydrogens is 332 g/mol. The lowest BCUT2D eigenvalue weighted by molar-refractivity contribution is 0.629. The smallest absolute Gasteiger partial charge is 0.153 e. The number of benzene rings is 2. The van der Waals surface area contributed by atoms with Crippen LogP contribution >= 0.6 is 0 Å². The van der Waals surface area contributed by atoms with Crippen LogP contribution in [0.4, 0.5) is 0 Å². The van der Waals surface area contributed by atoms with Gasteiger partial charge in [-0.2, -0.15) is 0 Å². The molecule has 3 heterocycles. The highest BCUT2D eigenvalue weighted by atomic mass is 16.3. The molecule has 5 aromatic rings. The molecule has 0 saturated heterocycles. The molecule has 0 spiro atoms. The van der Waals surface area contributed by atoms with Gasteiger partial charge in [-0.15, -0.1) is 0 Å². The van der Waals surface area contributed by atoms with E-state index in [2.05, 4.69) is 46.4 Å². The fraction of sp³-hybridized carbons (Fsp3) is 0. The van der Waals surface area contributed by atoms with Crippen molar-refractivity contribution in [1.29, 1.82) is 0 Å². The van der Waals surface area contributed by atoms with E-state index in [9.17, 15) is 0 Å². The van der Waals surface area contributed by atoms with Crippen LogP contribution in [0.3, 0.4) is 0 Å². The second kappa shape index (κ2) is 6.54. The Kier molecular flexibility index (Phi) is 3.76. The van der Waals surface area contributed by atoms with Crippen molar-refractivity contribution in [2.45, 2.75) is 0 Å². The number of fused-ring (bicyclic) bond motifs is 1. The third-order valence-corrected chi connectivity index (χ3v) is 4.59. The highest BCUT2D eigenvalue weighted by molar-refractivity contribution is 5.87. The van der Waals surface area contributed by atoms with E-state index in [0.717, 1.165) is 44.8 Å². The number of nitrogens with zero attached hydrogens (tertiary/aromatic N) is 2. The maximum absolute atomic E-state index is 5.97. The molecule has 2 aromatic carbocycles. The maximum atomic E-state index is 5.97. The summed E-state index contributed by atoms with van der Waals surface area (Å²) in [4.78, 5) is 8.82. The van der Waals surface area contributed by atoms with Crippen LogP contribution in [0.1, 0.15) is 0 Å². The zero-order valence-electron chi connectivity index (χ0n) is 14.5. The molecule has 0 N–H and O–H groups in total. The molecule has 0 aliphatic heterocycles. The molecule has 3 nitrogen and oxygen atoms in total. The van der Waals surface area contributed by atoms with Crippen molar-refractivity contribution < 1.29 is 4.42 Å². The first-order chi connectivity index (χ1) is 13.4. The normalized spacial score (nSPS) is 11.0. The molecule has 0 fully saturated rings. The number of pyridine rings is 2. The first kappa shape index (κ1) is 15.5. The minimum absolute atomic E-state index is 0.782. The predicted octanol–water partition coefficient (Wildman–Crippen LogP) is 6.22. The minimum atomic E-state index is 0.782. The minimum Gasteiger partial charge on any atom is -0.454 e. The Hall–Kier alpha value is -3.72. The van der Waals surface area contributed by atoms with Gasteiger partial charge in [0.05, 0.1) is 5.69 Å². The van der Waals surface area contributed by atoms with Crippen molar-refractivity contribution in [3.8, 4) is 33.8 Å². The molecule has 0 bridgehead atoms. The van der Waals surface area contributed by atoms with Gasteiger partial charge >= 0.3 is 0 Å². The van der Waals surface area contributed by atoms with E-state index in [0.29, 0.717) is 0 Å². The Morgan fingerprint density at radius 2 is 1.30 bits per heavy atom. The Labute approximate surface area is 157 Å². The number of hydrogen-bond acceptors (Lipinski definition) is 3. The molecule has 0 saturated carbocycles. The fourth-order valence-electron chi connectivity index (χ4n) is 3.25. The van der Waals surface area contributed by atoms with Crippen molar-refractivity contribution >= 4 is 11.0 Å². The summed E-state index contributed by atoms with van der Waals surface area (Å²) < 4.78 is 5.97. The van der Waals surface area contributed by atoms with Crippen molar-refractivity contribution in [1.82, 2.24) is 9.97 Å². The first-order valence-electron chi connectivity index (χ1n) is 8.84. The van der Waals surface area contributed by atoms with Crippen LogP contribution in [0.5, 0.6) is 0 Å². The summed E-state index contributed by atoms with van der Waals surface area (Å²) in [6.45, 7) is 0. The quantitative estimate of drug-likeness (QED) is 0.388. The average molecular weight is 348 g/mol. The highest BCUT2D eigenvalue weighted by Gasteiger charge is 2.09. The van der Waals surface area contributed by atoms with Crippen molar-refractivity contribution in [2.75, 3.05) is 0 Å². The summed E-state index contributed by atoms with van der Waals surface area (Å²) in [7, 11) is 0. The number of aromatic nitrogens is 2. The maximum Gasteiger partial charge on any atom is 0.153 e. The van der Waals surface area contributed by atoms with E-state index in [-0.39, 0.29) is 0 Å². The van der Waals surface area contributed by atoms with E-state index >= 15 is 0 Å². The van der Waals surface area contributed by atoms with Crippen LogP contribution in [0.25, 0.3) is 44.8 Å². The summed E-state index contributed by atoms with van der Waals surface area (Å²) in [5.74, 6) is 0.782. The summed E-state index contributed by atoms with van der Waals surface area (Å²) in [6.07, 6.45) is 3.59. The van der Waals surface area contributed by atoms with Gasteiger partial charge in [-0.05, 0) is 59.7 Å². The summed E-state index contributed by atoms with van der Waals surface area (Å²) in [5.41, 5.74) is 6.08. The zero-order valence-corrected chi connectivity index (χ0v) is 14.5. The molecule has 0 aliphatic carbocycles. The molecule has 3 heteroatoms. The molecule has 5 rings (SSSR count). The molecule has 0 aliphatic rings. The van der Waals surface area contributed by atoms with Crippen LogP contribution in [0.15, 0.2) is 102 Å². The molecular formula is C24H16N2O. The molecule has 3 aromatic heterocycles. The van der Waals surface area contributed by atoms with Crippen LogP contribution in [0.2, 0.25) is 0 Å². The molecule has 27 heavy (non-hydrogen) atoms. The van der Waals surface area contributed by atoms with Crippen molar-refractivity contribution in [2.24, 2.45) is 0 Å². The Morgan fingerprint density at radius 3 is 2.07 bits per heavy atom. The van der Waals surface area contributed by atoms with Gasteiger partial charge in [0.1, 0.15) is 11.3 Å². The van der Waals surface area contributed by atoms with Gasteiger partial charge in [-0.1, -0.05) is 36.4 Å². The van der Waals surface area contributed by atoms with Crippen LogP contribution < -0.4 is 0 Å². The monoisotopic (exact) mass is 348 g/mol. The van der Waals surface area contributed by atoms with Gasteiger partial charge in [-0.3, -0.25) is 9.97 Å². The second-order valence-electron chi connectivity index (χ2n) is 6.37. The van der Waals surface area contributed by atoms with Gasteiger partial charge in [-0.25, -0.2) is 0 Å². The largest absolute Gasteiger partial charge is 0.454 e. The molecule has 0 atom stereocenters. The van der Waals surface area contributed by atoms with E-state index in [1.807, 2.05) is 54.7 Å². The van der Waals surface area contributed by atoms with Crippen LogP contribution in [0, 0.1) is 0 Å². The highest BCUT2D eigenvalue weighted by Crippen LogP contribution is 2.31. The molecule has 0 unspecified atom stereocenters. The zero-order chi connectivity index (χ0) is 18.1. The van der Waals surface area contributed by atoms with E-state index < -0.39 is 0 Å². The SMILES string of the molecule is c1ccc(-c2cccc(-c3ccc4oc(-c5ccccn5)cc4c3)c2)nc1. The van der Waals surface area contributed by atoms with E-state index in [4.69, 9.17) is 4.42 Å². The predicted molar refractivity (Wildman–Crippen MR) is 108 cm³/mol. The molecule has 0 radical (unpaired) electrons. The third-order valence-electron chi connectivity index (χ3n) is 4.59. The van der Waals surface area contributed by atoms with Crippen molar-refractivity contribution in [3.63, 3.8) is 0 Å². The van der Waals surface area contributed by atoms with Gasteiger partial charge in [0, 0.05) is 23.3 Å². The number of furan rings is 1. The fourth-order valence-corrected chi connectivity index (χ4v) is 3.25. The molecule has 0 amide bonds. The summed E-state index contributed by atoms with van der Waals surface area (Å²) >= 11 is 0. The van der Waals surface area contributed by atoms with Crippen molar-refractivity contribution in [3.05, 3.63) is 97.3 Å². The lowest BCUT2D eigenvalue weighted by atomic mass is 10.0. The van der Waals surface area contributed by atoms with Gasteiger partial charge in [0.2, 0.25) is 0 Å². The summed E-state index contributed by atoms with van der Waals surface area (Å²) in [6, 6.07) is 28.5. The van der Waals surface area contributed by atoms with Crippen LogP contribution in [-0.2, 0) is 0 Å². The Morgan fingerprint density at radius 1 is 0.556 bits per heavy atom. The van der Waals surface area contributed by atoms with E-state index in [1.165, 1.54) is 0 Å².